The molecule has 12 nitrogen and oxygen atoms in total. The van der Waals surface area contributed by atoms with E-state index < -0.39 is 258 Å². The van der Waals surface area contributed by atoms with E-state index in [-0.39, 0.29) is 0 Å². The van der Waals surface area contributed by atoms with Crippen LogP contribution in [0.5, 0.6) is 0 Å². The Balaban J connectivity index is 0.933. The molecule has 0 aromatic heterocycles. The van der Waals surface area contributed by atoms with Gasteiger partial charge in [-0.05, 0) is 0 Å². The molecule has 12 saturated carbocycles. The highest BCUT2D eigenvalue weighted by atomic mass is 19.4. The van der Waals surface area contributed by atoms with Crippen LogP contribution in [0, 0.1) is 5.92 Å². The summed E-state index contributed by atoms with van der Waals surface area (Å²) in [6.07, 6.45) is -10.2. The largest absolute Gasteiger partial charge is 0.388 e. The predicted octanol–water partition coefficient (Wildman–Crippen LogP) is 7.74. The van der Waals surface area contributed by atoms with Crippen molar-refractivity contribution in [3.63, 3.8) is 0 Å². The number of halogens is 39. The number of carbonyl (C=O) groups is 3. The third kappa shape index (κ3) is 5.82. The summed E-state index contributed by atoms with van der Waals surface area (Å²) in [7, 11) is 0. The van der Waals surface area contributed by atoms with Crippen LogP contribution in [-0.4, -0.2) is 267 Å². The number of hydrogen-bond donors (Lipinski definition) is 3. The second-order valence-electron chi connectivity index (χ2n) is 22.9. The molecule has 3 N–H and O–H groups in total. The van der Waals surface area contributed by atoms with Crippen LogP contribution in [0.25, 0.3) is 0 Å². The molecule has 94 heavy (non-hydrogen) atoms. The highest BCUT2D eigenvalue weighted by Gasteiger charge is 3.23. The fourth-order valence-electron chi connectivity index (χ4n) is 13.4. The molecule has 12 bridgehead atoms. The van der Waals surface area contributed by atoms with E-state index in [1.807, 2.05) is 0 Å². The van der Waals surface area contributed by atoms with Crippen molar-refractivity contribution in [3.8, 4) is 0 Å². The molecule has 12 aliphatic carbocycles. The van der Waals surface area contributed by atoms with Gasteiger partial charge in [0.15, 0.2) is 0 Å². The molecule has 18 atom stereocenters. The number of Topliss-reactive ketones (excluding diaryl/α,β-unsaturated/α-hetero) is 3. The van der Waals surface area contributed by atoms with Gasteiger partial charge in [0, 0.05) is 5.92 Å². The molecule has 0 aromatic carbocycles. The van der Waals surface area contributed by atoms with E-state index in [4.69, 9.17) is 0 Å². The normalized spacial score (nSPS) is 49.7. The van der Waals surface area contributed by atoms with Gasteiger partial charge in [-0.3, -0.25) is 14.4 Å². The van der Waals surface area contributed by atoms with Crippen LogP contribution in [0.3, 0.4) is 0 Å². The second kappa shape index (κ2) is 18.3. The molecular weight excluding hydrogens is 1450 g/mol. The Morgan fingerprint density at radius 2 is 0.383 bits per heavy atom. The first kappa shape index (κ1) is 74.2. The van der Waals surface area contributed by atoms with Crippen molar-refractivity contribution in [3.05, 3.63) is 0 Å². The summed E-state index contributed by atoms with van der Waals surface area (Å²) in [4.78, 5) is 37.1. The lowest BCUT2D eigenvalue weighted by molar-refractivity contribution is -0.556. The highest BCUT2D eigenvalue weighted by molar-refractivity contribution is 6.06. The number of aliphatic hydroxyl groups is 3. The summed E-state index contributed by atoms with van der Waals surface area (Å²) in [5.41, 5.74) is -92.4. The van der Waals surface area contributed by atoms with Gasteiger partial charge < -0.3 is 43.7 Å². The third-order valence-electron chi connectivity index (χ3n) is 18.3. The molecular formula is C43H25F39O12. The maximum atomic E-state index is 16.2. The maximum Gasteiger partial charge on any atom is 0.340 e. The van der Waals surface area contributed by atoms with Gasteiger partial charge in [0.1, 0.15) is 18.3 Å². The minimum Gasteiger partial charge on any atom is -0.388 e. The van der Waals surface area contributed by atoms with Gasteiger partial charge in [-0.15, -0.1) is 0 Å². The fraction of sp³-hybridized carbons (Fsp3) is 0.930. The van der Waals surface area contributed by atoms with Gasteiger partial charge in [0.05, 0.1) is 59.5 Å². The average molecular weight is 1470 g/mol. The Morgan fingerprint density at radius 3 is 0.564 bits per heavy atom. The van der Waals surface area contributed by atoms with Crippen LogP contribution in [0.4, 0.5) is 171 Å². The van der Waals surface area contributed by atoms with Gasteiger partial charge in [-0.1, -0.05) is 0 Å². The number of hydrogen-bond acceptors (Lipinski definition) is 12. The lowest BCUT2D eigenvalue weighted by atomic mass is 9.41. The highest BCUT2D eigenvalue weighted by Crippen LogP contribution is 2.89. The molecule has 0 aromatic rings. The summed E-state index contributed by atoms with van der Waals surface area (Å²) < 4.78 is 620. The summed E-state index contributed by atoms with van der Waals surface area (Å²) in [5, 5.41) is 30.6. The van der Waals surface area contributed by atoms with E-state index in [9.17, 15) is 56.0 Å². The number of alkyl halides is 39. The van der Waals surface area contributed by atoms with Crippen LogP contribution in [0.2, 0.25) is 0 Å². The quantitative estimate of drug-likeness (QED) is 0.0959. The van der Waals surface area contributed by atoms with Gasteiger partial charge in [0.25, 0.3) is 17.0 Å². The first-order valence-electron chi connectivity index (χ1n) is 24.6. The molecule has 12 rings (SSSR count). The lowest BCUT2D eigenvalue weighted by Gasteiger charge is -2.71. The van der Waals surface area contributed by atoms with Crippen molar-refractivity contribution in [2.75, 3.05) is 59.5 Å². The van der Waals surface area contributed by atoms with Crippen LogP contribution in [0.15, 0.2) is 0 Å². The zero-order valence-electron chi connectivity index (χ0n) is 43.4. The van der Waals surface area contributed by atoms with Crippen LogP contribution >= 0.6 is 0 Å². The molecule has 12 aliphatic rings. The van der Waals surface area contributed by atoms with Crippen molar-refractivity contribution in [2.45, 2.75) is 175 Å². The third-order valence-corrected chi connectivity index (χ3v) is 18.3. The van der Waals surface area contributed by atoms with Crippen LogP contribution in [0.1, 0.15) is 0 Å². The first-order valence-corrected chi connectivity index (χ1v) is 24.6. The fourth-order valence-corrected chi connectivity index (χ4v) is 13.4. The molecule has 51 heteroatoms. The maximum absolute atomic E-state index is 16.2. The van der Waals surface area contributed by atoms with Gasteiger partial charge in [-0.25, -0.2) is 65.9 Å². The summed E-state index contributed by atoms with van der Waals surface area (Å²) in [6, 6.07) is 0. The van der Waals surface area contributed by atoms with E-state index in [0.717, 1.165) is 0 Å². The topological polar surface area (TPSA) is 167 Å². The van der Waals surface area contributed by atoms with E-state index in [2.05, 4.69) is 28.4 Å². The number of rotatable bonds is 21. The number of aliphatic hydroxyl groups excluding tert-OH is 3. The van der Waals surface area contributed by atoms with Crippen LogP contribution in [-0.2, 0) is 42.8 Å². The summed E-state index contributed by atoms with van der Waals surface area (Å²) >= 11 is 0. The van der Waals surface area contributed by atoms with Gasteiger partial charge in [0.2, 0.25) is 17.3 Å². The summed E-state index contributed by atoms with van der Waals surface area (Å²) in [6.45, 7) is -20.5. The van der Waals surface area contributed by atoms with Gasteiger partial charge >= 0.3 is 140 Å². The van der Waals surface area contributed by atoms with Gasteiger partial charge in [-0.2, -0.15) is 105 Å². The Morgan fingerprint density at radius 1 is 0.223 bits per heavy atom. The molecule has 542 valence electrons. The number of ether oxygens (including phenoxy) is 6. The van der Waals surface area contributed by atoms with Crippen LogP contribution < -0.4 is 0 Å². The van der Waals surface area contributed by atoms with E-state index in [0.29, 0.717) is 0 Å². The molecule has 0 aliphatic heterocycles. The molecule has 0 radical (unpaired) electrons. The van der Waals surface area contributed by atoms with Crippen molar-refractivity contribution in [2.24, 2.45) is 5.92 Å². The Kier molecular flexibility index (Phi) is 14.4. The first-order chi connectivity index (χ1) is 41.4. The molecule has 0 amide bonds. The molecule has 0 spiro atoms. The molecule has 18 unspecified atom stereocenters. The Hall–Kier alpha value is -4.08. The van der Waals surface area contributed by atoms with E-state index in [1.165, 1.54) is 0 Å². The monoisotopic (exact) mass is 1470 g/mol. The van der Waals surface area contributed by atoms with Crippen molar-refractivity contribution in [1.82, 2.24) is 0 Å². The molecule has 12 fully saturated rings. The average Bonchev–Trinajstić information content (AvgIpc) is 0.613. The lowest BCUT2D eigenvalue weighted by Crippen LogP contribution is -3.07. The van der Waals surface area contributed by atoms with E-state index in [1.54, 1.807) is 0 Å². The SMILES string of the molecule is O=C1C2(F)C(F)(F)C3(F)C(F)(F)C1(F)C(F)(OCC(O)COCC(COCC(O)COC1(F)C4(F)C(=O)C5(F)C(F)(F)C(F)(C4(F)F)C(F)(F)C1(F)C5(F)F)COCC(O)COC1(F)C4(F)C(=O)C5(F)C(F)(F)C(F)(C4(F)F)C(F)(F)C1(F)C5(F)F)C(F)(C2(F)F)C3(F)F. The summed E-state index contributed by atoms with van der Waals surface area (Å²) in [5.74, 6) is -135. The minimum atomic E-state index is -8.16. The zero-order valence-corrected chi connectivity index (χ0v) is 43.4. The Bertz CT molecular complexity index is 2920. The molecule has 0 saturated heterocycles. The number of ketones is 3. The smallest absolute Gasteiger partial charge is 0.340 e. The number of carbonyl (C=O) groups excluding carboxylic acids is 3. The second-order valence-corrected chi connectivity index (χ2v) is 22.9. The molecule has 0 heterocycles. The zero-order chi connectivity index (χ0) is 73.1. The standard InChI is InChI=1S/C43H25F39O12/c44-17-14(86)20(47)35(68,69)23(50,29(17,56)57)38(74,75)26(53,32(17,62)63)41(20,80)92-7-11(83)4-89-1-10(2-90-5-12(84)8-93-42(81)21(48)15(87)18(45)30(58,59)24(51,36(21,70)71)39(76,77)27(42,54)33(18,64)65)3-91-6-13(85)9-94-43(82)22(49)16(88)19(46)31(60,61)25(52,37(22,72)73)40(78,79)28(43,55)34(19,66)67/h10-13,83-85H,1-9H2. The van der Waals surface area contributed by atoms with Crippen molar-refractivity contribution >= 4 is 17.3 Å². The van der Waals surface area contributed by atoms with E-state index >= 15 is 145 Å². The van der Waals surface area contributed by atoms with Crippen molar-refractivity contribution in [1.29, 1.82) is 0 Å². The van der Waals surface area contributed by atoms with Crippen molar-refractivity contribution < 1.29 is 229 Å². The predicted molar refractivity (Wildman–Crippen MR) is 204 cm³/mol. The Labute approximate surface area is 487 Å². The minimum absolute atomic E-state index is 1.76.